The van der Waals surface area contributed by atoms with Crippen molar-refractivity contribution in [2.75, 3.05) is 5.73 Å². The van der Waals surface area contributed by atoms with E-state index in [0.717, 1.165) is 22.6 Å². The lowest BCUT2D eigenvalue weighted by Crippen LogP contribution is -2.19. The Bertz CT molecular complexity index is 974. The van der Waals surface area contributed by atoms with Crippen LogP contribution in [0.2, 0.25) is 5.02 Å². The molecule has 1 aromatic heterocycles. The van der Waals surface area contributed by atoms with E-state index in [4.69, 9.17) is 17.3 Å². The molecule has 2 aromatic carbocycles. The summed E-state index contributed by atoms with van der Waals surface area (Å²) in [5.41, 5.74) is 13.1. The largest absolute Gasteiger partial charge is 0.398 e. The third-order valence-electron chi connectivity index (χ3n) is 4.13. The van der Waals surface area contributed by atoms with Crippen molar-refractivity contribution in [3.8, 4) is 5.69 Å². The lowest BCUT2D eigenvalue weighted by Gasteiger charge is -2.09. The highest BCUT2D eigenvalue weighted by molar-refractivity contribution is 6.30. The highest BCUT2D eigenvalue weighted by atomic mass is 35.5. The predicted molar refractivity (Wildman–Crippen MR) is 106 cm³/mol. The standard InChI is InChI=1S/C20H19ClN4O/c1-13-11-15(14(2)25(13)17-9-7-16(21)8-10-17)12-23-24-20(26)18-5-3-4-6-19(18)22/h3-12H,22H2,1-2H3,(H,24,26)/b23-12-. The number of carbonyl (C=O) groups is 1. The van der Waals surface area contributed by atoms with Crippen LogP contribution in [0.25, 0.3) is 5.69 Å². The molecule has 0 fully saturated rings. The molecule has 0 atom stereocenters. The van der Waals surface area contributed by atoms with Gasteiger partial charge in [0, 0.05) is 33.3 Å². The van der Waals surface area contributed by atoms with Crippen LogP contribution in [0.3, 0.4) is 0 Å². The van der Waals surface area contributed by atoms with E-state index in [1.54, 1.807) is 30.5 Å². The quantitative estimate of drug-likeness (QED) is 0.414. The van der Waals surface area contributed by atoms with Crippen molar-refractivity contribution in [2.24, 2.45) is 5.10 Å². The molecule has 132 valence electrons. The number of para-hydroxylation sites is 1. The van der Waals surface area contributed by atoms with Crippen molar-refractivity contribution in [2.45, 2.75) is 13.8 Å². The minimum absolute atomic E-state index is 0.342. The van der Waals surface area contributed by atoms with Crippen LogP contribution in [0.1, 0.15) is 27.3 Å². The second kappa shape index (κ2) is 7.45. The highest BCUT2D eigenvalue weighted by Gasteiger charge is 2.10. The van der Waals surface area contributed by atoms with Crippen LogP contribution in [-0.4, -0.2) is 16.7 Å². The number of nitrogen functional groups attached to an aromatic ring is 1. The van der Waals surface area contributed by atoms with E-state index in [9.17, 15) is 4.79 Å². The Balaban J connectivity index is 1.79. The van der Waals surface area contributed by atoms with Gasteiger partial charge in [0.1, 0.15) is 0 Å². The SMILES string of the molecule is Cc1cc(/C=N\NC(=O)c2ccccc2N)c(C)n1-c1ccc(Cl)cc1. The van der Waals surface area contributed by atoms with Gasteiger partial charge in [0.2, 0.25) is 0 Å². The van der Waals surface area contributed by atoms with Gasteiger partial charge < -0.3 is 10.3 Å². The van der Waals surface area contributed by atoms with Crippen LogP contribution >= 0.6 is 11.6 Å². The summed E-state index contributed by atoms with van der Waals surface area (Å²) in [6.45, 7) is 4.02. The van der Waals surface area contributed by atoms with Crippen molar-refractivity contribution in [3.05, 3.63) is 82.1 Å². The maximum absolute atomic E-state index is 12.1. The summed E-state index contributed by atoms with van der Waals surface area (Å²) in [5.74, 6) is -0.342. The van der Waals surface area contributed by atoms with E-state index >= 15 is 0 Å². The molecule has 0 bridgehead atoms. The first-order valence-corrected chi connectivity index (χ1v) is 8.48. The molecular weight excluding hydrogens is 348 g/mol. The van der Waals surface area contributed by atoms with Crippen molar-refractivity contribution in [1.29, 1.82) is 0 Å². The first-order valence-electron chi connectivity index (χ1n) is 8.10. The van der Waals surface area contributed by atoms with Gasteiger partial charge in [-0.1, -0.05) is 23.7 Å². The number of aryl methyl sites for hydroxylation is 1. The number of halogens is 1. The second-order valence-corrected chi connectivity index (χ2v) is 6.36. The molecule has 26 heavy (non-hydrogen) atoms. The molecule has 0 saturated heterocycles. The van der Waals surface area contributed by atoms with E-state index in [1.165, 1.54) is 0 Å². The number of anilines is 1. The first-order chi connectivity index (χ1) is 12.5. The molecule has 1 heterocycles. The van der Waals surface area contributed by atoms with Crippen LogP contribution in [0, 0.1) is 13.8 Å². The van der Waals surface area contributed by atoms with Crippen LogP contribution in [0.5, 0.6) is 0 Å². The molecule has 0 unspecified atom stereocenters. The van der Waals surface area contributed by atoms with Crippen molar-refractivity contribution < 1.29 is 4.79 Å². The molecule has 0 aliphatic carbocycles. The normalized spacial score (nSPS) is 11.0. The van der Waals surface area contributed by atoms with E-state index in [0.29, 0.717) is 16.3 Å². The Morgan fingerprint density at radius 2 is 1.85 bits per heavy atom. The number of hydrogen-bond donors (Lipinski definition) is 2. The summed E-state index contributed by atoms with van der Waals surface area (Å²) >= 11 is 5.96. The summed E-state index contributed by atoms with van der Waals surface area (Å²) in [5, 5.41) is 4.76. The van der Waals surface area contributed by atoms with E-state index in [2.05, 4.69) is 15.1 Å². The van der Waals surface area contributed by atoms with Crippen LogP contribution < -0.4 is 11.2 Å². The number of amides is 1. The summed E-state index contributed by atoms with van der Waals surface area (Å²) in [6.07, 6.45) is 1.63. The molecule has 1 amide bonds. The molecule has 3 aromatic rings. The van der Waals surface area contributed by atoms with Crippen molar-refractivity contribution in [3.63, 3.8) is 0 Å². The Morgan fingerprint density at radius 3 is 2.54 bits per heavy atom. The summed E-state index contributed by atoms with van der Waals surface area (Å²) < 4.78 is 2.11. The average molecular weight is 367 g/mol. The van der Waals surface area contributed by atoms with Gasteiger partial charge >= 0.3 is 0 Å². The Hall–Kier alpha value is -3.05. The van der Waals surface area contributed by atoms with Gasteiger partial charge in [0.15, 0.2) is 0 Å². The fourth-order valence-corrected chi connectivity index (χ4v) is 2.96. The molecule has 6 heteroatoms. The number of nitrogens with zero attached hydrogens (tertiary/aromatic N) is 2. The van der Waals surface area contributed by atoms with Gasteiger partial charge in [-0.25, -0.2) is 5.43 Å². The minimum atomic E-state index is -0.342. The fraction of sp³-hybridized carbons (Fsp3) is 0.100. The molecular formula is C20H19ClN4O. The zero-order chi connectivity index (χ0) is 18.7. The maximum atomic E-state index is 12.1. The summed E-state index contributed by atoms with van der Waals surface area (Å²) in [6, 6.07) is 16.5. The molecule has 0 aliphatic heterocycles. The Morgan fingerprint density at radius 1 is 1.15 bits per heavy atom. The number of nitrogens with one attached hydrogen (secondary N) is 1. The zero-order valence-electron chi connectivity index (χ0n) is 14.5. The molecule has 3 rings (SSSR count). The molecule has 0 radical (unpaired) electrons. The zero-order valence-corrected chi connectivity index (χ0v) is 15.3. The smallest absolute Gasteiger partial charge is 0.273 e. The summed E-state index contributed by atoms with van der Waals surface area (Å²) in [7, 11) is 0. The molecule has 0 saturated carbocycles. The maximum Gasteiger partial charge on any atom is 0.273 e. The molecule has 3 N–H and O–H groups in total. The number of hydrazone groups is 1. The third kappa shape index (κ3) is 3.63. The highest BCUT2D eigenvalue weighted by Crippen LogP contribution is 2.21. The third-order valence-corrected chi connectivity index (χ3v) is 4.38. The number of aromatic nitrogens is 1. The van der Waals surface area contributed by atoms with Gasteiger partial charge in [0.25, 0.3) is 5.91 Å². The molecule has 0 spiro atoms. The number of carbonyl (C=O) groups excluding carboxylic acids is 1. The van der Waals surface area contributed by atoms with Gasteiger partial charge in [-0.2, -0.15) is 5.10 Å². The number of nitrogens with two attached hydrogens (primary N) is 1. The lowest BCUT2D eigenvalue weighted by molar-refractivity contribution is 0.0956. The Labute approximate surface area is 157 Å². The topological polar surface area (TPSA) is 72.4 Å². The van der Waals surface area contributed by atoms with Gasteiger partial charge in [-0.3, -0.25) is 4.79 Å². The first kappa shape index (κ1) is 17.8. The molecule has 0 aliphatic rings. The van der Waals surface area contributed by atoms with Crippen LogP contribution in [-0.2, 0) is 0 Å². The van der Waals surface area contributed by atoms with Gasteiger partial charge in [0.05, 0.1) is 11.8 Å². The number of hydrogen-bond acceptors (Lipinski definition) is 3. The van der Waals surface area contributed by atoms with E-state index in [1.807, 2.05) is 44.2 Å². The van der Waals surface area contributed by atoms with Crippen LogP contribution in [0.15, 0.2) is 59.7 Å². The monoisotopic (exact) mass is 366 g/mol. The number of rotatable bonds is 4. The minimum Gasteiger partial charge on any atom is -0.398 e. The van der Waals surface area contributed by atoms with Gasteiger partial charge in [-0.15, -0.1) is 0 Å². The van der Waals surface area contributed by atoms with Crippen molar-refractivity contribution >= 4 is 29.4 Å². The van der Waals surface area contributed by atoms with Crippen molar-refractivity contribution in [1.82, 2.24) is 9.99 Å². The molecule has 5 nitrogen and oxygen atoms in total. The van der Waals surface area contributed by atoms with Crippen LogP contribution in [0.4, 0.5) is 5.69 Å². The van der Waals surface area contributed by atoms with E-state index in [-0.39, 0.29) is 5.91 Å². The number of benzene rings is 2. The Kier molecular flexibility index (Phi) is 5.09. The summed E-state index contributed by atoms with van der Waals surface area (Å²) in [4.78, 5) is 12.1. The average Bonchev–Trinajstić information content (AvgIpc) is 2.90. The van der Waals surface area contributed by atoms with E-state index < -0.39 is 0 Å². The second-order valence-electron chi connectivity index (χ2n) is 5.92. The lowest BCUT2D eigenvalue weighted by atomic mass is 10.2. The fourth-order valence-electron chi connectivity index (χ4n) is 2.83. The predicted octanol–water partition coefficient (Wildman–Crippen LogP) is 4.09. The van der Waals surface area contributed by atoms with Gasteiger partial charge in [-0.05, 0) is 56.3 Å².